The van der Waals surface area contributed by atoms with Gasteiger partial charge in [0.25, 0.3) is 0 Å². The molecule has 0 aliphatic heterocycles. The van der Waals surface area contributed by atoms with E-state index in [1.54, 1.807) is 0 Å². The summed E-state index contributed by atoms with van der Waals surface area (Å²) in [7, 11) is 0. The van der Waals surface area contributed by atoms with Crippen molar-refractivity contribution in [2.75, 3.05) is 0 Å². The van der Waals surface area contributed by atoms with Gasteiger partial charge in [-0.3, -0.25) is 4.79 Å². The summed E-state index contributed by atoms with van der Waals surface area (Å²) in [5, 5.41) is 8.57. The van der Waals surface area contributed by atoms with E-state index in [0.29, 0.717) is 5.92 Å². The molecule has 1 aliphatic rings. The monoisotopic (exact) mass is 185 g/mol. The normalized spacial score (nSPS) is 22.0. The Morgan fingerprint density at radius 3 is 2.62 bits per heavy atom. The molecule has 0 saturated heterocycles. The summed E-state index contributed by atoms with van der Waals surface area (Å²) in [6.45, 7) is 1.96. The molecule has 3 heteroatoms. The number of carboxylic acid groups (broad SMARTS) is 1. The molecule has 1 fully saturated rings. The Hall–Kier alpha value is -0.570. The fourth-order valence-electron chi connectivity index (χ4n) is 1.91. The summed E-state index contributed by atoms with van der Waals surface area (Å²) < 4.78 is 0. The van der Waals surface area contributed by atoms with Gasteiger partial charge in [0.2, 0.25) is 0 Å². The van der Waals surface area contributed by atoms with Gasteiger partial charge >= 0.3 is 5.97 Å². The highest BCUT2D eigenvalue weighted by Crippen LogP contribution is 2.31. The average Bonchev–Trinajstić information content (AvgIpc) is 1.78. The molecular weight excluding hydrogens is 166 g/mol. The molecule has 3 nitrogen and oxygen atoms in total. The quantitative estimate of drug-likeness (QED) is 0.684. The zero-order valence-electron chi connectivity index (χ0n) is 8.20. The number of hydrogen-bond acceptors (Lipinski definition) is 2. The first-order valence-electron chi connectivity index (χ1n) is 5.07. The molecule has 1 saturated carbocycles. The minimum atomic E-state index is -0.715. The number of nitrogens with two attached hydrogens (primary N) is 1. The van der Waals surface area contributed by atoms with Crippen molar-refractivity contribution in [2.24, 2.45) is 17.6 Å². The third-order valence-electron chi connectivity index (χ3n) is 2.95. The largest absolute Gasteiger partial charge is 0.481 e. The van der Waals surface area contributed by atoms with Crippen LogP contribution >= 0.6 is 0 Å². The first kappa shape index (κ1) is 10.5. The van der Waals surface area contributed by atoms with E-state index >= 15 is 0 Å². The van der Waals surface area contributed by atoms with Crippen LogP contribution in [0.15, 0.2) is 0 Å². The second-order valence-corrected chi connectivity index (χ2v) is 4.29. The Bertz CT molecular complexity index is 178. The lowest BCUT2D eigenvalue weighted by atomic mass is 9.77. The molecule has 2 atom stereocenters. The Morgan fingerprint density at radius 2 is 2.23 bits per heavy atom. The first-order chi connectivity index (χ1) is 6.09. The minimum absolute atomic E-state index is 0.216. The lowest BCUT2D eigenvalue weighted by Gasteiger charge is -2.32. The van der Waals surface area contributed by atoms with Crippen LogP contribution < -0.4 is 5.73 Å². The Labute approximate surface area is 79.3 Å². The SMILES string of the molecule is C[C@@H](CC(=O)O)C[C@@H](N)C1CCC1. The predicted octanol–water partition coefficient (Wildman–Crippen LogP) is 1.61. The van der Waals surface area contributed by atoms with Crippen LogP contribution in [0.1, 0.15) is 39.0 Å². The average molecular weight is 185 g/mol. The van der Waals surface area contributed by atoms with Gasteiger partial charge < -0.3 is 10.8 Å². The van der Waals surface area contributed by atoms with Gasteiger partial charge in [-0.2, -0.15) is 0 Å². The van der Waals surface area contributed by atoms with Gasteiger partial charge in [0.1, 0.15) is 0 Å². The molecule has 0 heterocycles. The highest BCUT2D eigenvalue weighted by atomic mass is 16.4. The lowest BCUT2D eigenvalue weighted by Crippen LogP contribution is -2.36. The summed E-state index contributed by atoms with van der Waals surface area (Å²) in [6, 6.07) is 0.225. The second-order valence-electron chi connectivity index (χ2n) is 4.29. The number of rotatable bonds is 5. The van der Waals surface area contributed by atoms with Crippen molar-refractivity contribution in [3.63, 3.8) is 0 Å². The van der Waals surface area contributed by atoms with Crippen LogP contribution in [0.2, 0.25) is 0 Å². The summed E-state index contributed by atoms with van der Waals surface area (Å²) >= 11 is 0. The van der Waals surface area contributed by atoms with Crippen LogP contribution in [-0.4, -0.2) is 17.1 Å². The van der Waals surface area contributed by atoms with E-state index < -0.39 is 5.97 Å². The standard InChI is InChI=1S/C10H19NO2/c1-7(6-10(12)13)5-9(11)8-3-2-4-8/h7-9H,2-6,11H2,1H3,(H,12,13)/t7-,9-/m1/s1. The molecule has 1 rings (SSSR count). The van der Waals surface area contributed by atoms with Crippen LogP contribution in [-0.2, 0) is 4.79 Å². The molecule has 0 aromatic heterocycles. The Kier molecular flexibility index (Phi) is 3.72. The number of carbonyl (C=O) groups is 1. The van der Waals surface area contributed by atoms with E-state index in [1.807, 2.05) is 6.92 Å². The zero-order chi connectivity index (χ0) is 9.84. The van der Waals surface area contributed by atoms with Gasteiger partial charge in [0.05, 0.1) is 0 Å². The fraction of sp³-hybridized carbons (Fsp3) is 0.900. The second kappa shape index (κ2) is 4.61. The summed E-state index contributed by atoms with van der Waals surface area (Å²) in [5.41, 5.74) is 5.96. The van der Waals surface area contributed by atoms with Crippen LogP contribution in [0, 0.1) is 11.8 Å². The van der Waals surface area contributed by atoms with Crippen molar-refractivity contribution in [1.29, 1.82) is 0 Å². The molecule has 0 bridgehead atoms. The van der Waals surface area contributed by atoms with Gasteiger partial charge in [0.15, 0.2) is 0 Å². The molecule has 0 aromatic carbocycles. The third kappa shape index (κ3) is 3.35. The number of aliphatic carboxylic acids is 1. The van der Waals surface area contributed by atoms with E-state index in [9.17, 15) is 4.79 Å². The maximum absolute atomic E-state index is 10.4. The molecule has 0 spiro atoms. The van der Waals surface area contributed by atoms with Gasteiger partial charge in [-0.05, 0) is 31.1 Å². The molecule has 76 valence electrons. The molecular formula is C10H19NO2. The van der Waals surface area contributed by atoms with E-state index in [0.717, 1.165) is 6.42 Å². The van der Waals surface area contributed by atoms with E-state index in [2.05, 4.69) is 0 Å². The maximum atomic E-state index is 10.4. The van der Waals surface area contributed by atoms with Crippen molar-refractivity contribution in [2.45, 2.75) is 45.1 Å². The van der Waals surface area contributed by atoms with Crippen molar-refractivity contribution in [3.8, 4) is 0 Å². The van der Waals surface area contributed by atoms with Gasteiger partial charge in [-0.25, -0.2) is 0 Å². The predicted molar refractivity (Wildman–Crippen MR) is 51.4 cm³/mol. The van der Waals surface area contributed by atoms with E-state index in [1.165, 1.54) is 19.3 Å². The van der Waals surface area contributed by atoms with Crippen molar-refractivity contribution >= 4 is 5.97 Å². The van der Waals surface area contributed by atoms with Gasteiger partial charge in [-0.15, -0.1) is 0 Å². The molecule has 0 aromatic rings. The van der Waals surface area contributed by atoms with Crippen LogP contribution in [0.4, 0.5) is 0 Å². The molecule has 3 N–H and O–H groups in total. The van der Waals surface area contributed by atoms with Gasteiger partial charge in [-0.1, -0.05) is 13.3 Å². The Balaban J connectivity index is 2.18. The zero-order valence-corrected chi connectivity index (χ0v) is 8.20. The molecule has 0 unspecified atom stereocenters. The highest BCUT2D eigenvalue weighted by molar-refractivity contribution is 5.66. The molecule has 0 amide bonds. The summed E-state index contributed by atoms with van der Waals surface area (Å²) in [6.07, 6.45) is 4.88. The van der Waals surface area contributed by atoms with Crippen LogP contribution in [0.5, 0.6) is 0 Å². The lowest BCUT2D eigenvalue weighted by molar-refractivity contribution is -0.138. The van der Waals surface area contributed by atoms with E-state index in [4.69, 9.17) is 10.8 Å². The van der Waals surface area contributed by atoms with Crippen molar-refractivity contribution in [1.82, 2.24) is 0 Å². The fourth-order valence-corrected chi connectivity index (χ4v) is 1.91. The summed E-state index contributed by atoms with van der Waals surface area (Å²) in [5.74, 6) is 0.164. The van der Waals surface area contributed by atoms with Crippen molar-refractivity contribution < 1.29 is 9.90 Å². The van der Waals surface area contributed by atoms with E-state index in [-0.39, 0.29) is 18.4 Å². The van der Waals surface area contributed by atoms with Gasteiger partial charge in [0, 0.05) is 12.5 Å². The minimum Gasteiger partial charge on any atom is -0.481 e. The molecule has 1 aliphatic carbocycles. The Morgan fingerprint density at radius 1 is 1.62 bits per heavy atom. The van der Waals surface area contributed by atoms with Crippen LogP contribution in [0.3, 0.4) is 0 Å². The summed E-state index contributed by atoms with van der Waals surface area (Å²) in [4.78, 5) is 10.4. The maximum Gasteiger partial charge on any atom is 0.303 e. The smallest absolute Gasteiger partial charge is 0.303 e. The highest BCUT2D eigenvalue weighted by Gasteiger charge is 2.25. The molecule has 13 heavy (non-hydrogen) atoms. The van der Waals surface area contributed by atoms with Crippen molar-refractivity contribution in [3.05, 3.63) is 0 Å². The third-order valence-corrected chi connectivity index (χ3v) is 2.95. The number of carboxylic acids is 1. The first-order valence-corrected chi connectivity index (χ1v) is 5.07. The topological polar surface area (TPSA) is 63.3 Å². The van der Waals surface area contributed by atoms with Crippen LogP contribution in [0.25, 0.3) is 0 Å². The molecule has 0 radical (unpaired) electrons. The number of hydrogen-bond donors (Lipinski definition) is 2.